The summed E-state index contributed by atoms with van der Waals surface area (Å²) in [6, 6.07) is 1.84. The molecular formula is C20H28N6O2S. The van der Waals surface area contributed by atoms with Crippen LogP contribution in [0.25, 0.3) is 11.0 Å². The van der Waals surface area contributed by atoms with Crippen LogP contribution < -0.4 is 5.32 Å². The number of carbonyl (C=O) groups excluding carboxylic acids is 2. The third-order valence-corrected chi connectivity index (χ3v) is 6.74. The molecule has 2 fully saturated rings. The molecule has 4 rings (SSSR count). The Labute approximate surface area is 175 Å². The summed E-state index contributed by atoms with van der Waals surface area (Å²) in [6.45, 7) is 3.20. The van der Waals surface area contributed by atoms with Gasteiger partial charge < -0.3 is 15.1 Å². The summed E-state index contributed by atoms with van der Waals surface area (Å²) in [4.78, 5) is 34.2. The van der Waals surface area contributed by atoms with E-state index in [0.29, 0.717) is 5.56 Å². The van der Waals surface area contributed by atoms with E-state index in [1.54, 1.807) is 17.1 Å². The molecule has 9 heteroatoms. The van der Waals surface area contributed by atoms with E-state index in [9.17, 15) is 9.59 Å². The van der Waals surface area contributed by atoms with Crippen molar-refractivity contribution in [1.82, 2.24) is 29.9 Å². The predicted octanol–water partition coefficient (Wildman–Crippen LogP) is 0.984. The zero-order chi connectivity index (χ0) is 20.4. The van der Waals surface area contributed by atoms with E-state index in [1.807, 2.05) is 36.8 Å². The minimum Gasteiger partial charge on any atom is -0.348 e. The molecule has 0 aliphatic carbocycles. The van der Waals surface area contributed by atoms with Crippen molar-refractivity contribution in [2.45, 2.75) is 18.9 Å². The van der Waals surface area contributed by atoms with Crippen molar-refractivity contribution in [1.29, 1.82) is 0 Å². The van der Waals surface area contributed by atoms with Gasteiger partial charge in [-0.15, -0.1) is 0 Å². The number of rotatable bonds is 3. The van der Waals surface area contributed by atoms with Crippen molar-refractivity contribution in [3.63, 3.8) is 0 Å². The molecule has 0 radical (unpaired) electrons. The second-order valence-electron chi connectivity index (χ2n) is 8.00. The first-order valence-electron chi connectivity index (χ1n) is 10.1. The number of hydrogen-bond donors (Lipinski definition) is 1. The number of nitrogens with zero attached hydrogens (tertiary/aromatic N) is 5. The van der Waals surface area contributed by atoms with Crippen molar-refractivity contribution in [2.75, 3.05) is 44.7 Å². The summed E-state index contributed by atoms with van der Waals surface area (Å²) in [5, 5.41) is 7.32. The molecule has 2 aromatic rings. The molecular weight excluding hydrogens is 388 g/mol. The fourth-order valence-electron chi connectivity index (χ4n) is 4.19. The average molecular weight is 417 g/mol. The highest BCUT2D eigenvalue weighted by Gasteiger charge is 2.31. The Morgan fingerprint density at radius 2 is 1.93 bits per heavy atom. The number of nitrogens with one attached hydrogen (secondary N) is 1. The van der Waals surface area contributed by atoms with Gasteiger partial charge in [0.15, 0.2) is 0 Å². The molecule has 2 aliphatic rings. The van der Waals surface area contributed by atoms with Crippen molar-refractivity contribution >= 4 is 34.6 Å². The summed E-state index contributed by atoms with van der Waals surface area (Å²) < 4.78 is 1.72. The van der Waals surface area contributed by atoms with E-state index < -0.39 is 0 Å². The summed E-state index contributed by atoms with van der Waals surface area (Å²) in [6.07, 6.45) is 4.89. The number of amides is 2. The van der Waals surface area contributed by atoms with Gasteiger partial charge >= 0.3 is 0 Å². The van der Waals surface area contributed by atoms with E-state index >= 15 is 0 Å². The minimum atomic E-state index is -0.128. The number of hydrogen-bond acceptors (Lipinski definition) is 6. The van der Waals surface area contributed by atoms with Gasteiger partial charge in [-0.1, -0.05) is 0 Å². The Bertz CT molecular complexity index is 894. The highest BCUT2D eigenvalue weighted by atomic mass is 32.2. The van der Waals surface area contributed by atoms with Crippen LogP contribution in [0, 0.1) is 5.92 Å². The normalized spacial score (nSPS) is 23.7. The zero-order valence-corrected chi connectivity index (χ0v) is 17.8. The van der Waals surface area contributed by atoms with Crippen molar-refractivity contribution in [3.05, 3.63) is 24.0 Å². The van der Waals surface area contributed by atoms with E-state index in [2.05, 4.69) is 20.3 Å². The van der Waals surface area contributed by atoms with Crippen molar-refractivity contribution < 1.29 is 9.59 Å². The van der Waals surface area contributed by atoms with Crippen LogP contribution in [0.5, 0.6) is 0 Å². The second-order valence-corrected chi connectivity index (χ2v) is 9.22. The molecule has 4 heterocycles. The number of thioether (sulfide) groups is 1. The van der Waals surface area contributed by atoms with Crippen LogP contribution in [-0.4, -0.2) is 87.2 Å². The lowest BCUT2D eigenvalue weighted by Gasteiger charge is -2.30. The quantitative estimate of drug-likeness (QED) is 0.803. The third-order valence-electron chi connectivity index (χ3n) is 5.80. The van der Waals surface area contributed by atoms with Crippen molar-refractivity contribution in [2.24, 2.45) is 13.0 Å². The first kappa shape index (κ1) is 20.2. The van der Waals surface area contributed by atoms with Crippen LogP contribution in [0.4, 0.5) is 0 Å². The van der Waals surface area contributed by atoms with Crippen LogP contribution in [0.2, 0.25) is 0 Å². The van der Waals surface area contributed by atoms with Gasteiger partial charge in [0.2, 0.25) is 5.91 Å². The molecule has 0 saturated carbocycles. The molecule has 2 saturated heterocycles. The number of likely N-dealkylation sites (tertiary alicyclic amines) is 1. The fourth-order valence-corrected chi connectivity index (χ4v) is 5.10. The Morgan fingerprint density at radius 3 is 2.72 bits per heavy atom. The largest absolute Gasteiger partial charge is 0.348 e. The molecule has 1 N–H and O–H groups in total. The van der Waals surface area contributed by atoms with Gasteiger partial charge in [0, 0.05) is 57.0 Å². The van der Waals surface area contributed by atoms with Gasteiger partial charge in [-0.05, 0) is 26.0 Å². The molecule has 2 aromatic heterocycles. The Morgan fingerprint density at radius 1 is 1.14 bits per heavy atom. The maximum atomic E-state index is 12.9. The maximum absolute atomic E-state index is 12.9. The molecule has 29 heavy (non-hydrogen) atoms. The zero-order valence-electron chi connectivity index (χ0n) is 17.0. The highest BCUT2D eigenvalue weighted by Crippen LogP contribution is 2.21. The van der Waals surface area contributed by atoms with Gasteiger partial charge in [0.05, 0.1) is 23.2 Å². The molecule has 0 spiro atoms. The Balaban J connectivity index is 1.39. The van der Waals surface area contributed by atoms with Crippen LogP contribution >= 0.6 is 11.8 Å². The molecule has 156 valence electrons. The first-order valence-corrected chi connectivity index (χ1v) is 11.3. The number of carbonyl (C=O) groups is 2. The number of aromatic nitrogens is 3. The van der Waals surface area contributed by atoms with Crippen LogP contribution in [0.1, 0.15) is 23.2 Å². The van der Waals surface area contributed by atoms with Crippen LogP contribution in [0.3, 0.4) is 0 Å². The topological polar surface area (TPSA) is 83.4 Å². The number of aryl methyl sites for hydroxylation is 1. The second kappa shape index (κ2) is 8.71. The van der Waals surface area contributed by atoms with Crippen LogP contribution in [-0.2, 0) is 11.8 Å². The summed E-state index contributed by atoms with van der Waals surface area (Å²) in [5.74, 6) is 2.22. The molecule has 2 aliphatic heterocycles. The Kier molecular flexibility index (Phi) is 6.05. The third kappa shape index (κ3) is 4.56. The number of fused-ring (bicyclic) bond motifs is 1. The van der Waals surface area contributed by atoms with Gasteiger partial charge in [-0.2, -0.15) is 16.9 Å². The standard InChI is InChI=1S/C20H28N6O2S/c1-24-12-14(20(28)26-5-7-29-8-6-26)3-4-16(13-24)23-19(27)15-9-18-17(21-10-15)11-22-25(18)2/h9-11,14,16H,3-8,12-13H2,1-2H3,(H,23,27)/t14-,16+/m1/s1. The smallest absolute Gasteiger partial charge is 0.253 e. The van der Waals surface area contributed by atoms with E-state index in [-0.39, 0.29) is 23.8 Å². The average Bonchev–Trinajstić information content (AvgIpc) is 3.00. The van der Waals surface area contributed by atoms with Crippen LogP contribution in [0.15, 0.2) is 18.5 Å². The SMILES string of the molecule is CN1C[C@@H](NC(=O)c2cnc3cnn(C)c3c2)CC[C@@H](C(=O)N2CCSCC2)C1. The van der Waals surface area contributed by atoms with E-state index in [0.717, 1.165) is 61.6 Å². The fraction of sp³-hybridized carbons (Fsp3) is 0.600. The maximum Gasteiger partial charge on any atom is 0.253 e. The summed E-state index contributed by atoms with van der Waals surface area (Å²) in [7, 11) is 3.87. The monoisotopic (exact) mass is 416 g/mol. The lowest BCUT2D eigenvalue weighted by Crippen LogP contribution is -2.44. The van der Waals surface area contributed by atoms with Gasteiger partial charge in [-0.25, -0.2) is 0 Å². The number of pyridine rings is 1. The van der Waals surface area contributed by atoms with Gasteiger partial charge in [-0.3, -0.25) is 19.3 Å². The van der Waals surface area contributed by atoms with Crippen molar-refractivity contribution in [3.8, 4) is 0 Å². The van der Waals surface area contributed by atoms with Gasteiger partial charge in [0.25, 0.3) is 5.91 Å². The number of likely N-dealkylation sites (N-methyl/N-ethyl adjacent to an activating group) is 1. The van der Waals surface area contributed by atoms with E-state index in [1.165, 1.54) is 0 Å². The molecule has 0 aromatic carbocycles. The lowest BCUT2D eigenvalue weighted by molar-refractivity contribution is -0.135. The summed E-state index contributed by atoms with van der Waals surface area (Å²) >= 11 is 1.91. The van der Waals surface area contributed by atoms with Gasteiger partial charge in [0.1, 0.15) is 5.52 Å². The Hall–Kier alpha value is -2.13. The first-order chi connectivity index (χ1) is 14.0. The minimum absolute atomic E-state index is 0.0115. The molecule has 2 atom stereocenters. The molecule has 0 unspecified atom stereocenters. The highest BCUT2D eigenvalue weighted by molar-refractivity contribution is 7.99. The molecule has 2 amide bonds. The lowest BCUT2D eigenvalue weighted by atomic mass is 10.00. The van der Waals surface area contributed by atoms with E-state index in [4.69, 9.17) is 0 Å². The summed E-state index contributed by atoms with van der Waals surface area (Å²) in [5.41, 5.74) is 2.14. The molecule has 8 nitrogen and oxygen atoms in total. The molecule has 0 bridgehead atoms. The predicted molar refractivity (Wildman–Crippen MR) is 114 cm³/mol.